The van der Waals surface area contributed by atoms with E-state index >= 15 is 0 Å². The summed E-state index contributed by atoms with van der Waals surface area (Å²) in [5, 5.41) is 17.7. The number of carbonyl (C=O) groups is 2. The highest BCUT2D eigenvalue weighted by Crippen LogP contribution is 2.19. The molecule has 3 rings (SSSR count). The maximum absolute atomic E-state index is 12.2. The van der Waals surface area contributed by atoms with E-state index in [1.54, 1.807) is 31.2 Å². The summed E-state index contributed by atoms with van der Waals surface area (Å²) < 4.78 is 5.48. The maximum Gasteiger partial charge on any atom is 0.273 e. The highest BCUT2D eigenvalue weighted by Gasteiger charge is 2.14. The summed E-state index contributed by atoms with van der Waals surface area (Å²) in [6, 6.07) is 20.9. The quantitative estimate of drug-likeness (QED) is 0.273. The average molecular weight is 460 g/mol. The highest BCUT2D eigenvalue weighted by molar-refractivity contribution is 5.95. The number of nitro benzene ring substituents is 1. The van der Waals surface area contributed by atoms with Gasteiger partial charge in [-0.1, -0.05) is 36.4 Å². The van der Waals surface area contributed by atoms with Crippen LogP contribution in [0.1, 0.15) is 27.0 Å². The van der Waals surface area contributed by atoms with Gasteiger partial charge in [0, 0.05) is 23.7 Å². The smallest absolute Gasteiger partial charge is 0.273 e. The summed E-state index contributed by atoms with van der Waals surface area (Å²) in [5.74, 6) is -0.246. The van der Waals surface area contributed by atoms with Crippen molar-refractivity contribution in [1.82, 2.24) is 10.7 Å². The number of aryl methyl sites for hydroxylation is 1. The second-order valence-corrected chi connectivity index (χ2v) is 7.40. The summed E-state index contributed by atoms with van der Waals surface area (Å²) >= 11 is 0. The van der Waals surface area contributed by atoms with E-state index in [1.807, 2.05) is 30.3 Å². The van der Waals surface area contributed by atoms with Crippen LogP contribution in [-0.4, -0.2) is 36.1 Å². The largest absolute Gasteiger partial charge is 0.484 e. The molecule has 3 aromatic rings. The minimum Gasteiger partial charge on any atom is -0.484 e. The Morgan fingerprint density at radius 2 is 1.79 bits per heavy atom. The molecule has 0 aliphatic heterocycles. The molecule has 0 atom stereocenters. The van der Waals surface area contributed by atoms with Crippen molar-refractivity contribution in [2.75, 3.05) is 13.2 Å². The van der Waals surface area contributed by atoms with Crippen LogP contribution in [0.2, 0.25) is 0 Å². The molecule has 174 valence electrons. The van der Waals surface area contributed by atoms with Gasteiger partial charge in [0.25, 0.3) is 17.5 Å². The van der Waals surface area contributed by atoms with Crippen LogP contribution in [0, 0.1) is 17.0 Å². The van der Waals surface area contributed by atoms with E-state index in [0.717, 1.165) is 12.0 Å². The lowest BCUT2D eigenvalue weighted by Crippen LogP contribution is -2.30. The molecule has 9 nitrogen and oxygen atoms in total. The summed E-state index contributed by atoms with van der Waals surface area (Å²) in [5.41, 5.74) is 4.66. The van der Waals surface area contributed by atoms with Crippen LogP contribution in [0.4, 0.5) is 5.69 Å². The fraction of sp³-hybridized carbons (Fsp3) is 0.160. The molecular weight excluding hydrogens is 436 g/mol. The first-order valence-corrected chi connectivity index (χ1v) is 10.5. The number of hydrogen-bond donors (Lipinski definition) is 2. The summed E-state index contributed by atoms with van der Waals surface area (Å²) in [7, 11) is 0. The first-order valence-electron chi connectivity index (χ1n) is 10.5. The van der Waals surface area contributed by atoms with Gasteiger partial charge in [-0.15, -0.1) is 0 Å². The number of nitrogens with one attached hydrogen (secondary N) is 2. The average Bonchev–Trinajstić information content (AvgIpc) is 2.84. The van der Waals surface area contributed by atoms with Gasteiger partial charge in [-0.2, -0.15) is 5.10 Å². The van der Waals surface area contributed by atoms with Crippen LogP contribution >= 0.6 is 0 Å². The predicted molar refractivity (Wildman–Crippen MR) is 128 cm³/mol. The second kappa shape index (κ2) is 11.9. The molecule has 0 spiro atoms. The predicted octanol–water partition coefficient (Wildman–Crippen LogP) is 3.40. The number of nitrogens with zero attached hydrogens (tertiary/aromatic N) is 2. The first kappa shape index (κ1) is 24.1. The van der Waals surface area contributed by atoms with Crippen molar-refractivity contribution in [3.05, 3.63) is 105 Å². The number of ether oxygens (including phenoxy) is 1. The summed E-state index contributed by atoms with van der Waals surface area (Å²) in [4.78, 5) is 34.6. The van der Waals surface area contributed by atoms with Crippen molar-refractivity contribution in [2.24, 2.45) is 5.10 Å². The van der Waals surface area contributed by atoms with Crippen LogP contribution in [0.3, 0.4) is 0 Å². The Morgan fingerprint density at radius 3 is 2.50 bits per heavy atom. The van der Waals surface area contributed by atoms with E-state index in [9.17, 15) is 19.7 Å². The molecule has 0 aliphatic rings. The van der Waals surface area contributed by atoms with Crippen LogP contribution < -0.4 is 15.5 Å². The van der Waals surface area contributed by atoms with Crippen molar-refractivity contribution >= 4 is 23.7 Å². The van der Waals surface area contributed by atoms with E-state index in [2.05, 4.69) is 15.8 Å². The molecule has 2 N–H and O–H groups in total. The van der Waals surface area contributed by atoms with Gasteiger partial charge in [0.2, 0.25) is 0 Å². The number of amides is 2. The Kier molecular flexibility index (Phi) is 8.45. The van der Waals surface area contributed by atoms with Gasteiger partial charge >= 0.3 is 0 Å². The lowest BCUT2D eigenvalue weighted by atomic mass is 10.1. The van der Waals surface area contributed by atoms with Crippen LogP contribution in [0.25, 0.3) is 0 Å². The Morgan fingerprint density at radius 1 is 1.06 bits per heavy atom. The molecule has 2 amide bonds. The third kappa shape index (κ3) is 7.27. The number of carbonyl (C=O) groups excluding carboxylic acids is 2. The molecule has 0 aliphatic carbocycles. The molecule has 9 heteroatoms. The maximum atomic E-state index is 12.2. The zero-order valence-corrected chi connectivity index (χ0v) is 18.6. The standard InChI is InChI=1S/C25H24N4O5/c1-18-7-10-21(15-23(18)29(32)33)25(31)28-27-16-20-8-11-22(12-9-20)34-17-24(30)26-14-13-19-5-3-2-4-6-19/h2-12,15-16H,13-14,17H2,1H3,(H,26,30)(H,28,31)/b27-16-. The normalized spacial score (nSPS) is 10.6. The number of hydrazone groups is 1. The third-order valence-electron chi connectivity index (χ3n) is 4.88. The number of benzene rings is 3. The number of nitro groups is 1. The minimum absolute atomic E-state index is 0.0963. The Bertz CT molecular complexity index is 1180. The molecule has 0 saturated heterocycles. The van der Waals surface area contributed by atoms with Gasteiger partial charge in [0.1, 0.15) is 5.75 Å². The number of hydrogen-bond acceptors (Lipinski definition) is 6. The molecule has 0 heterocycles. The van der Waals surface area contributed by atoms with Crippen LogP contribution in [0.5, 0.6) is 5.75 Å². The van der Waals surface area contributed by atoms with Crippen LogP contribution in [-0.2, 0) is 11.2 Å². The molecule has 0 fully saturated rings. The van der Waals surface area contributed by atoms with Gasteiger partial charge in [-0.25, -0.2) is 5.43 Å². The fourth-order valence-corrected chi connectivity index (χ4v) is 3.02. The lowest BCUT2D eigenvalue weighted by Gasteiger charge is -2.08. The highest BCUT2D eigenvalue weighted by atomic mass is 16.6. The van der Waals surface area contributed by atoms with E-state index in [-0.39, 0.29) is 23.8 Å². The molecule has 0 unspecified atom stereocenters. The van der Waals surface area contributed by atoms with E-state index < -0.39 is 10.8 Å². The summed E-state index contributed by atoms with van der Waals surface area (Å²) in [6.07, 6.45) is 2.18. The Labute approximate surface area is 196 Å². The fourth-order valence-electron chi connectivity index (χ4n) is 3.02. The molecule has 0 radical (unpaired) electrons. The zero-order chi connectivity index (χ0) is 24.3. The van der Waals surface area contributed by atoms with Gasteiger partial charge in [0.05, 0.1) is 11.1 Å². The molecule has 0 saturated carbocycles. The molecule has 34 heavy (non-hydrogen) atoms. The van der Waals surface area contributed by atoms with Gasteiger partial charge in [-0.3, -0.25) is 19.7 Å². The van der Waals surface area contributed by atoms with E-state index in [0.29, 0.717) is 23.4 Å². The topological polar surface area (TPSA) is 123 Å². The second-order valence-electron chi connectivity index (χ2n) is 7.40. The van der Waals surface area contributed by atoms with Crippen molar-refractivity contribution in [3.8, 4) is 5.75 Å². The Hall–Kier alpha value is -4.53. The van der Waals surface area contributed by atoms with Crippen molar-refractivity contribution < 1.29 is 19.2 Å². The van der Waals surface area contributed by atoms with Crippen molar-refractivity contribution in [1.29, 1.82) is 0 Å². The lowest BCUT2D eigenvalue weighted by molar-refractivity contribution is -0.385. The Balaban J connectivity index is 1.42. The minimum atomic E-state index is -0.558. The van der Waals surface area contributed by atoms with Crippen molar-refractivity contribution in [3.63, 3.8) is 0 Å². The number of rotatable bonds is 10. The van der Waals surface area contributed by atoms with E-state index in [4.69, 9.17) is 4.74 Å². The van der Waals surface area contributed by atoms with Gasteiger partial charge in [0.15, 0.2) is 6.61 Å². The molecular formula is C25H24N4O5. The SMILES string of the molecule is Cc1ccc(C(=O)N/N=C\c2ccc(OCC(=O)NCCc3ccccc3)cc2)cc1[N+](=O)[O-]. The molecule has 0 aromatic heterocycles. The molecule has 3 aromatic carbocycles. The zero-order valence-electron chi connectivity index (χ0n) is 18.6. The van der Waals surface area contributed by atoms with Gasteiger partial charge in [-0.05, 0) is 54.8 Å². The van der Waals surface area contributed by atoms with E-state index in [1.165, 1.54) is 24.4 Å². The van der Waals surface area contributed by atoms with Gasteiger partial charge < -0.3 is 10.1 Å². The monoisotopic (exact) mass is 460 g/mol. The summed E-state index contributed by atoms with van der Waals surface area (Å²) in [6.45, 7) is 2.04. The first-order chi connectivity index (χ1) is 16.4. The third-order valence-corrected chi connectivity index (χ3v) is 4.88. The van der Waals surface area contributed by atoms with Crippen LogP contribution in [0.15, 0.2) is 77.9 Å². The molecule has 0 bridgehead atoms. The van der Waals surface area contributed by atoms with Crippen molar-refractivity contribution in [2.45, 2.75) is 13.3 Å².